The van der Waals surface area contributed by atoms with Crippen LogP contribution in [0.3, 0.4) is 0 Å². The Hall–Kier alpha value is -2.14. The minimum Gasteiger partial charge on any atom is -0.306 e. The van der Waals surface area contributed by atoms with E-state index >= 15 is 0 Å². The van der Waals surface area contributed by atoms with Gasteiger partial charge in [-0.15, -0.1) is 0 Å². The molecule has 0 radical (unpaired) electrons. The van der Waals surface area contributed by atoms with E-state index in [2.05, 4.69) is 22.9 Å². The largest absolute Gasteiger partial charge is 0.306 e. The van der Waals surface area contributed by atoms with Crippen LogP contribution in [-0.4, -0.2) is 21.4 Å². The standard InChI is InChI=1S/C21H19Cl2N3O/c1-13-3-2-4-18(23)16(13)11-26-10-9-19-17(12-26)21(27)25-20(24-19)14-5-7-15(22)8-6-14/h2-8H,9-12H2,1H3,(H,24,25,27). The lowest BCUT2D eigenvalue weighted by atomic mass is 10.0. The van der Waals surface area contributed by atoms with Gasteiger partial charge in [-0.1, -0.05) is 35.3 Å². The fourth-order valence-electron chi connectivity index (χ4n) is 3.45. The van der Waals surface area contributed by atoms with Gasteiger partial charge in [0.2, 0.25) is 0 Å². The van der Waals surface area contributed by atoms with Gasteiger partial charge >= 0.3 is 0 Å². The number of aromatic nitrogens is 2. The first-order chi connectivity index (χ1) is 13.0. The second-order valence-corrected chi connectivity index (χ2v) is 7.69. The minimum atomic E-state index is -0.0782. The zero-order valence-electron chi connectivity index (χ0n) is 14.9. The summed E-state index contributed by atoms with van der Waals surface area (Å²) in [6.45, 7) is 4.20. The Labute approximate surface area is 167 Å². The molecule has 0 atom stereocenters. The molecule has 4 rings (SSSR count). The van der Waals surface area contributed by atoms with Gasteiger partial charge in [0.1, 0.15) is 5.82 Å². The van der Waals surface area contributed by atoms with E-state index in [1.807, 2.05) is 24.3 Å². The number of rotatable bonds is 3. The number of aryl methyl sites for hydroxylation is 1. The van der Waals surface area contributed by atoms with Crippen molar-refractivity contribution < 1.29 is 0 Å². The Kier molecular flexibility index (Phi) is 5.04. The number of nitrogens with one attached hydrogen (secondary N) is 1. The zero-order valence-corrected chi connectivity index (χ0v) is 16.4. The lowest BCUT2D eigenvalue weighted by Gasteiger charge is -2.28. The summed E-state index contributed by atoms with van der Waals surface area (Å²) in [5, 5.41) is 1.43. The first-order valence-corrected chi connectivity index (χ1v) is 9.61. The quantitative estimate of drug-likeness (QED) is 0.699. The number of hydrogen-bond acceptors (Lipinski definition) is 3. The minimum absolute atomic E-state index is 0.0782. The van der Waals surface area contributed by atoms with Crippen molar-refractivity contribution in [3.05, 3.63) is 85.2 Å². The average molecular weight is 400 g/mol. The predicted molar refractivity (Wildman–Crippen MR) is 109 cm³/mol. The van der Waals surface area contributed by atoms with Gasteiger partial charge in [-0.25, -0.2) is 4.98 Å². The van der Waals surface area contributed by atoms with E-state index in [0.717, 1.165) is 46.9 Å². The highest BCUT2D eigenvalue weighted by molar-refractivity contribution is 6.31. The van der Waals surface area contributed by atoms with Crippen LogP contribution in [0, 0.1) is 6.92 Å². The monoisotopic (exact) mass is 399 g/mol. The number of nitrogens with zero attached hydrogens (tertiary/aromatic N) is 2. The molecule has 1 N–H and O–H groups in total. The Morgan fingerprint density at radius 1 is 1.15 bits per heavy atom. The summed E-state index contributed by atoms with van der Waals surface area (Å²) in [5.41, 5.74) is 4.67. The highest BCUT2D eigenvalue weighted by Crippen LogP contribution is 2.25. The maximum Gasteiger partial charge on any atom is 0.255 e. The van der Waals surface area contributed by atoms with Crippen LogP contribution in [0.5, 0.6) is 0 Å². The van der Waals surface area contributed by atoms with E-state index in [1.54, 1.807) is 12.1 Å². The first kappa shape index (κ1) is 18.2. The van der Waals surface area contributed by atoms with Gasteiger partial charge in [0, 0.05) is 41.7 Å². The fraction of sp³-hybridized carbons (Fsp3) is 0.238. The van der Waals surface area contributed by atoms with E-state index in [4.69, 9.17) is 28.2 Å². The van der Waals surface area contributed by atoms with Crippen LogP contribution < -0.4 is 5.56 Å². The van der Waals surface area contributed by atoms with Crippen molar-refractivity contribution in [1.82, 2.24) is 14.9 Å². The molecule has 0 saturated carbocycles. The predicted octanol–water partition coefficient (Wildman–Crippen LogP) is 4.61. The molecular weight excluding hydrogens is 381 g/mol. The molecule has 0 amide bonds. The second-order valence-electron chi connectivity index (χ2n) is 6.84. The lowest BCUT2D eigenvalue weighted by molar-refractivity contribution is 0.241. The molecule has 27 heavy (non-hydrogen) atoms. The Morgan fingerprint density at radius 3 is 2.67 bits per heavy atom. The van der Waals surface area contributed by atoms with Gasteiger partial charge in [0.15, 0.2) is 0 Å². The van der Waals surface area contributed by atoms with Gasteiger partial charge < -0.3 is 4.98 Å². The average Bonchev–Trinajstić information content (AvgIpc) is 2.66. The Morgan fingerprint density at radius 2 is 1.93 bits per heavy atom. The van der Waals surface area contributed by atoms with Crippen LogP contribution in [0.15, 0.2) is 47.3 Å². The van der Waals surface area contributed by atoms with Crippen LogP contribution >= 0.6 is 23.2 Å². The van der Waals surface area contributed by atoms with Crippen molar-refractivity contribution in [2.75, 3.05) is 6.54 Å². The maximum atomic E-state index is 12.7. The lowest BCUT2D eigenvalue weighted by Crippen LogP contribution is -2.35. The number of benzene rings is 2. The molecular formula is C21H19Cl2N3O. The summed E-state index contributed by atoms with van der Waals surface area (Å²) in [4.78, 5) is 22.5. The summed E-state index contributed by atoms with van der Waals surface area (Å²) in [7, 11) is 0. The van der Waals surface area contributed by atoms with Crippen molar-refractivity contribution >= 4 is 23.2 Å². The number of hydrogen-bond donors (Lipinski definition) is 1. The number of halogens is 2. The molecule has 0 aliphatic carbocycles. The molecule has 0 saturated heterocycles. The fourth-order valence-corrected chi connectivity index (χ4v) is 3.86. The highest BCUT2D eigenvalue weighted by atomic mass is 35.5. The van der Waals surface area contributed by atoms with Crippen molar-refractivity contribution in [1.29, 1.82) is 0 Å². The van der Waals surface area contributed by atoms with E-state index in [9.17, 15) is 4.79 Å². The molecule has 2 heterocycles. The van der Waals surface area contributed by atoms with Crippen molar-refractivity contribution in [3.63, 3.8) is 0 Å². The third-order valence-corrected chi connectivity index (χ3v) is 5.61. The molecule has 0 spiro atoms. The topological polar surface area (TPSA) is 49.0 Å². The highest BCUT2D eigenvalue weighted by Gasteiger charge is 2.22. The summed E-state index contributed by atoms with van der Waals surface area (Å²) in [6.07, 6.45) is 0.739. The Balaban J connectivity index is 1.60. The van der Waals surface area contributed by atoms with E-state index < -0.39 is 0 Å². The summed E-state index contributed by atoms with van der Waals surface area (Å²) >= 11 is 12.3. The number of aromatic amines is 1. The molecule has 0 unspecified atom stereocenters. The summed E-state index contributed by atoms with van der Waals surface area (Å²) < 4.78 is 0. The molecule has 3 aromatic rings. The second kappa shape index (κ2) is 7.47. The van der Waals surface area contributed by atoms with Gasteiger partial charge in [0.05, 0.1) is 11.3 Å². The molecule has 1 aromatic heterocycles. The van der Waals surface area contributed by atoms with Crippen molar-refractivity contribution in [2.45, 2.75) is 26.4 Å². The normalized spacial score (nSPS) is 14.2. The van der Waals surface area contributed by atoms with Crippen LogP contribution in [0.1, 0.15) is 22.4 Å². The SMILES string of the molecule is Cc1cccc(Cl)c1CN1CCc2nc(-c3ccc(Cl)cc3)[nH]c(=O)c2C1. The molecule has 1 aliphatic heterocycles. The summed E-state index contributed by atoms with van der Waals surface area (Å²) in [5.74, 6) is 0.589. The van der Waals surface area contributed by atoms with E-state index in [1.165, 1.54) is 5.56 Å². The first-order valence-electron chi connectivity index (χ1n) is 8.85. The molecule has 0 fully saturated rings. The summed E-state index contributed by atoms with van der Waals surface area (Å²) in [6, 6.07) is 13.2. The molecule has 138 valence electrons. The van der Waals surface area contributed by atoms with Crippen molar-refractivity contribution in [3.8, 4) is 11.4 Å². The third kappa shape index (κ3) is 3.79. The van der Waals surface area contributed by atoms with Crippen molar-refractivity contribution in [2.24, 2.45) is 0 Å². The Bertz CT molecular complexity index is 1020. The van der Waals surface area contributed by atoms with Gasteiger partial charge in [-0.05, 0) is 48.4 Å². The van der Waals surface area contributed by atoms with Crippen LogP contribution in [0.25, 0.3) is 11.4 Å². The zero-order chi connectivity index (χ0) is 19.0. The third-order valence-electron chi connectivity index (χ3n) is 5.00. The van der Waals surface area contributed by atoms with E-state index in [-0.39, 0.29) is 5.56 Å². The molecule has 0 bridgehead atoms. The van der Waals surface area contributed by atoms with E-state index in [0.29, 0.717) is 17.4 Å². The van der Waals surface area contributed by atoms with Crippen LogP contribution in [0.4, 0.5) is 0 Å². The van der Waals surface area contributed by atoms with Crippen LogP contribution in [0.2, 0.25) is 10.0 Å². The van der Waals surface area contributed by atoms with Gasteiger partial charge in [0.25, 0.3) is 5.56 Å². The molecule has 2 aromatic carbocycles. The van der Waals surface area contributed by atoms with Crippen LogP contribution in [-0.2, 0) is 19.5 Å². The smallest absolute Gasteiger partial charge is 0.255 e. The maximum absolute atomic E-state index is 12.7. The number of fused-ring (bicyclic) bond motifs is 1. The molecule has 6 heteroatoms. The molecule has 1 aliphatic rings. The number of H-pyrrole nitrogens is 1. The van der Waals surface area contributed by atoms with Gasteiger partial charge in [-0.3, -0.25) is 9.69 Å². The molecule has 4 nitrogen and oxygen atoms in total. The van der Waals surface area contributed by atoms with Gasteiger partial charge in [-0.2, -0.15) is 0 Å².